The highest BCUT2D eigenvalue weighted by molar-refractivity contribution is 5.80. The van der Waals surface area contributed by atoms with Crippen molar-refractivity contribution in [3.05, 3.63) is 0 Å². The van der Waals surface area contributed by atoms with Crippen molar-refractivity contribution in [3.8, 4) is 0 Å². The van der Waals surface area contributed by atoms with Gasteiger partial charge in [0.15, 0.2) is 5.96 Å². The predicted molar refractivity (Wildman–Crippen MR) is 88.1 cm³/mol. The average molecular weight is 310 g/mol. The molecule has 22 heavy (non-hydrogen) atoms. The minimum absolute atomic E-state index is 0.122. The minimum Gasteiger partial charge on any atom is -0.444 e. The molecule has 126 valence electrons. The third-order valence-electron chi connectivity index (χ3n) is 3.95. The molecule has 1 heterocycles. The Morgan fingerprint density at radius 1 is 1.32 bits per heavy atom. The van der Waals surface area contributed by atoms with Gasteiger partial charge in [0.05, 0.1) is 6.04 Å². The van der Waals surface area contributed by atoms with E-state index < -0.39 is 5.60 Å². The summed E-state index contributed by atoms with van der Waals surface area (Å²) in [4.78, 5) is 18.4. The second kappa shape index (κ2) is 7.20. The quantitative estimate of drug-likeness (QED) is 0.615. The number of nitrogens with one attached hydrogen (secondary N) is 2. The van der Waals surface area contributed by atoms with Crippen molar-refractivity contribution in [1.82, 2.24) is 15.5 Å². The zero-order valence-corrected chi connectivity index (χ0v) is 14.3. The number of aliphatic imine (C=N–C) groups is 1. The molecule has 1 aliphatic carbocycles. The molecule has 1 unspecified atom stereocenters. The molecular weight excluding hydrogens is 280 g/mol. The van der Waals surface area contributed by atoms with Crippen LogP contribution in [0.15, 0.2) is 4.99 Å². The standard InChI is InChI=1S/C16H30N4O2/c1-16(2,3)22-15(21)19-13-8-10-20(11-13)14(17-4)18-9-7-12-5-6-12/h12-13H,5-11H2,1-4H3,(H,17,18)(H,19,21). The molecule has 2 fully saturated rings. The number of ether oxygens (including phenoxy) is 1. The van der Waals surface area contributed by atoms with Crippen molar-refractivity contribution < 1.29 is 9.53 Å². The first kappa shape index (κ1) is 16.9. The number of nitrogens with zero attached hydrogens (tertiary/aromatic N) is 2. The van der Waals surface area contributed by atoms with Crippen molar-refractivity contribution in [2.45, 2.75) is 58.1 Å². The van der Waals surface area contributed by atoms with E-state index in [1.807, 2.05) is 27.8 Å². The first-order valence-electron chi connectivity index (χ1n) is 8.32. The zero-order valence-electron chi connectivity index (χ0n) is 14.3. The Balaban J connectivity index is 1.71. The van der Waals surface area contributed by atoms with E-state index >= 15 is 0 Å². The maximum Gasteiger partial charge on any atom is 0.407 e. The van der Waals surface area contributed by atoms with Gasteiger partial charge in [-0.2, -0.15) is 0 Å². The fourth-order valence-corrected chi connectivity index (χ4v) is 2.67. The second-order valence-corrected chi connectivity index (χ2v) is 7.28. The minimum atomic E-state index is -0.456. The normalized spacial score (nSPS) is 22.6. The Labute approximate surface area is 133 Å². The Bertz CT molecular complexity index is 413. The molecule has 2 rings (SSSR count). The molecule has 0 aromatic carbocycles. The highest BCUT2D eigenvalue weighted by Crippen LogP contribution is 2.31. The molecule has 1 atom stereocenters. The molecule has 2 N–H and O–H groups in total. The van der Waals surface area contributed by atoms with E-state index in [1.165, 1.54) is 19.3 Å². The number of carbonyl (C=O) groups is 1. The summed E-state index contributed by atoms with van der Waals surface area (Å²) in [6.07, 6.45) is 4.57. The van der Waals surface area contributed by atoms with Gasteiger partial charge in [0.2, 0.25) is 0 Å². The fourth-order valence-electron chi connectivity index (χ4n) is 2.67. The van der Waals surface area contributed by atoms with Crippen LogP contribution in [0.4, 0.5) is 4.79 Å². The first-order valence-corrected chi connectivity index (χ1v) is 8.32. The van der Waals surface area contributed by atoms with Crippen LogP contribution in [-0.4, -0.2) is 55.3 Å². The predicted octanol–water partition coefficient (Wildman–Crippen LogP) is 1.96. The molecule has 0 spiro atoms. The smallest absolute Gasteiger partial charge is 0.407 e. The molecule has 0 radical (unpaired) electrons. The van der Waals surface area contributed by atoms with E-state index in [0.29, 0.717) is 0 Å². The van der Waals surface area contributed by atoms with Gasteiger partial charge < -0.3 is 20.3 Å². The van der Waals surface area contributed by atoms with Crippen LogP contribution in [-0.2, 0) is 4.74 Å². The molecule has 0 aromatic rings. The van der Waals surface area contributed by atoms with Crippen molar-refractivity contribution in [1.29, 1.82) is 0 Å². The lowest BCUT2D eigenvalue weighted by Gasteiger charge is -2.23. The van der Waals surface area contributed by atoms with E-state index in [9.17, 15) is 4.79 Å². The average Bonchev–Trinajstić information content (AvgIpc) is 3.12. The fraction of sp³-hybridized carbons (Fsp3) is 0.875. The summed E-state index contributed by atoms with van der Waals surface area (Å²) in [6.45, 7) is 8.29. The summed E-state index contributed by atoms with van der Waals surface area (Å²) in [5, 5.41) is 6.37. The summed E-state index contributed by atoms with van der Waals surface area (Å²) in [6, 6.07) is 0.122. The molecule has 1 saturated heterocycles. The number of guanidine groups is 1. The van der Waals surface area contributed by atoms with Gasteiger partial charge >= 0.3 is 6.09 Å². The number of alkyl carbamates (subject to hydrolysis) is 1. The molecule has 0 aromatic heterocycles. The van der Waals surface area contributed by atoms with Gasteiger partial charge in [0.1, 0.15) is 5.60 Å². The second-order valence-electron chi connectivity index (χ2n) is 7.28. The summed E-state index contributed by atoms with van der Waals surface area (Å²) < 4.78 is 5.31. The summed E-state index contributed by atoms with van der Waals surface area (Å²) in [5.74, 6) is 1.86. The van der Waals surface area contributed by atoms with Crippen molar-refractivity contribution in [2.75, 3.05) is 26.7 Å². The number of hydrogen-bond donors (Lipinski definition) is 2. The SMILES string of the molecule is CN=C(NCCC1CC1)N1CCC(NC(=O)OC(C)(C)C)C1. The first-order chi connectivity index (χ1) is 10.4. The van der Waals surface area contributed by atoms with Gasteiger partial charge in [-0.1, -0.05) is 12.8 Å². The molecule has 1 saturated carbocycles. The molecular formula is C16H30N4O2. The van der Waals surface area contributed by atoms with E-state index in [0.717, 1.165) is 37.9 Å². The number of carbonyl (C=O) groups excluding carboxylic acids is 1. The Hall–Kier alpha value is -1.46. The van der Waals surface area contributed by atoms with Gasteiger partial charge in [0, 0.05) is 26.7 Å². The van der Waals surface area contributed by atoms with Gasteiger partial charge in [-0.05, 0) is 39.5 Å². The topological polar surface area (TPSA) is 66.0 Å². The summed E-state index contributed by atoms with van der Waals surface area (Å²) >= 11 is 0. The number of rotatable bonds is 4. The Morgan fingerprint density at radius 3 is 2.64 bits per heavy atom. The number of amides is 1. The zero-order chi connectivity index (χ0) is 16.2. The molecule has 6 nitrogen and oxygen atoms in total. The third-order valence-corrected chi connectivity index (χ3v) is 3.95. The Kier molecular flexibility index (Phi) is 5.53. The van der Waals surface area contributed by atoms with Gasteiger partial charge in [-0.3, -0.25) is 4.99 Å². The lowest BCUT2D eigenvalue weighted by molar-refractivity contribution is 0.0507. The highest BCUT2D eigenvalue weighted by Gasteiger charge is 2.28. The van der Waals surface area contributed by atoms with Crippen LogP contribution in [0.3, 0.4) is 0 Å². The van der Waals surface area contributed by atoms with Gasteiger partial charge in [0.25, 0.3) is 0 Å². The molecule has 2 aliphatic rings. The van der Waals surface area contributed by atoms with E-state index in [4.69, 9.17) is 4.74 Å². The maximum absolute atomic E-state index is 11.8. The van der Waals surface area contributed by atoms with Crippen LogP contribution in [0.2, 0.25) is 0 Å². The van der Waals surface area contributed by atoms with Crippen LogP contribution in [0.25, 0.3) is 0 Å². The van der Waals surface area contributed by atoms with Gasteiger partial charge in [-0.25, -0.2) is 4.79 Å². The monoisotopic (exact) mass is 310 g/mol. The van der Waals surface area contributed by atoms with Crippen molar-refractivity contribution in [2.24, 2.45) is 10.9 Å². The lowest BCUT2D eigenvalue weighted by atomic mass is 10.2. The lowest BCUT2D eigenvalue weighted by Crippen LogP contribution is -2.44. The maximum atomic E-state index is 11.8. The highest BCUT2D eigenvalue weighted by atomic mass is 16.6. The molecule has 1 aliphatic heterocycles. The third kappa shape index (κ3) is 5.73. The van der Waals surface area contributed by atoms with E-state index in [1.54, 1.807) is 0 Å². The molecule has 0 bridgehead atoms. The van der Waals surface area contributed by atoms with Crippen LogP contribution in [0.1, 0.15) is 46.5 Å². The number of hydrogen-bond acceptors (Lipinski definition) is 3. The van der Waals surface area contributed by atoms with Crippen molar-refractivity contribution in [3.63, 3.8) is 0 Å². The molecule has 6 heteroatoms. The molecule has 1 amide bonds. The van der Waals surface area contributed by atoms with Gasteiger partial charge in [-0.15, -0.1) is 0 Å². The summed E-state index contributed by atoms with van der Waals surface area (Å²) in [5.41, 5.74) is -0.456. The van der Waals surface area contributed by atoms with E-state index in [2.05, 4.69) is 20.5 Å². The Morgan fingerprint density at radius 2 is 2.05 bits per heavy atom. The largest absolute Gasteiger partial charge is 0.444 e. The van der Waals surface area contributed by atoms with E-state index in [-0.39, 0.29) is 12.1 Å². The van der Waals surface area contributed by atoms with Crippen LogP contribution in [0, 0.1) is 5.92 Å². The summed E-state index contributed by atoms with van der Waals surface area (Å²) in [7, 11) is 1.81. The van der Waals surface area contributed by atoms with Crippen LogP contribution >= 0.6 is 0 Å². The number of likely N-dealkylation sites (tertiary alicyclic amines) is 1. The van der Waals surface area contributed by atoms with Crippen LogP contribution < -0.4 is 10.6 Å². The van der Waals surface area contributed by atoms with Crippen molar-refractivity contribution >= 4 is 12.1 Å². The van der Waals surface area contributed by atoms with Crippen LogP contribution in [0.5, 0.6) is 0 Å².